The van der Waals surface area contributed by atoms with Crippen molar-refractivity contribution in [2.45, 2.75) is 18.7 Å². The van der Waals surface area contributed by atoms with Crippen LogP contribution in [-0.2, 0) is 11.8 Å². The third kappa shape index (κ3) is 2.57. The van der Waals surface area contributed by atoms with Crippen molar-refractivity contribution in [2.24, 2.45) is 0 Å². The van der Waals surface area contributed by atoms with Crippen LogP contribution in [0.25, 0.3) is 11.0 Å². The highest BCUT2D eigenvalue weighted by atomic mass is 79.9. The standard InChI is InChI=1S/C11H10BrFN2O.BrH/c1-2-7-11(16)15-10-8(14-7)4-3-6(5-12)9(10)13;/h3-4H,2,5H2,1H3,(H,15,16);1H. The summed E-state index contributed by atoms with van der Waals surface area (Å²) in [7, 11) is 0. The molecule has 3 nitrogen and oxygen atoms in total. The van der Waals surface area contributed by atoms with Crippen LogP contribution >= 0.6 is 32.9 Å². The molecule has 1 aromatic carbocycles. The predicted octanol–water partition coefficient (Wildman–Crippen LogP) is 3.10. The van der Waals surface area contributed by atoms with Crippen LogP contribution in [0, 0.1) is 5.82 Å². The maximum atomic E-state index is 13.8. The van der Waals surface area contributed by atoms with Gasteiger partial charge in [0.05, 0.1) is 5.52 Å². The van der Waals surface area contributed by atoms with Gasteiger partial charge in [0, 0.05) is 10.9 Å². The molecule has 0 unspecified atom stereocenters. The van der Waals surface area contributed by atoms with Gasteiger partial charge in [0.25, 0.3) is 5.56 Å². The molecule has 1 N–H and O–H groups in total. The zero-order valence-corrected chi connectivity index (χ0v) is 12.4. The second-order valence-corrected chi connectivity index (χ2v) is 3.99. The minimum atomic E-state index is -0.415. The molecule has 1 aromatic heterocycles. The van der Waals surface area contributed by atoms with Crippen LogP contribution < -0.4 is 5.56 Å². The number of H-pyrrole nitrogens is 1. The Labute approximate surface area is 116 Å². The van der Waals surface area contributed by atoms with E-state index in [1.165, 1.54) is 0 Å². The Bertz CT molecular complexity index is 598. The molecule has 0 spiro atoms. The molecule has 0 aliphatic carbocycles. The second-order valence-electron chi connectivity index (χ2n) is 3.43. The number of fused-ring (bicyclic) bond motifs is 1. The number of aromatic nitrogens is 2. The molecule has 0 bridgehead atoms. The van der Waals surface area contributed by atoms with Crippen molar-refractivity contribution in [3.63, 3.8) is 0 Å². The lowest BCUT2D eigenvalue weighted by molar-refractivity contribution is 0.625. The molecule has 0 amide bonds. The molecule has 0 fully saturated rings. The average molecular weight is 366 g/mol. The Hall–Kier alpha value is -0.750. The molecule has 0 aliphatic heterocycles. The Morgan fingerprint density at radius 2 is 2.18 bits per heavy atom. The predicted molar refractivity (Wildman–Crippen MR) is 74.7 cm³/mol. The molecule has 0 saturated carbocycles. The number of benzene rings is 1. The van der Waals surface area contributed by atoms with Gasteiger partial charge in [-0.15, -0.1) is 17.0 Å². The van der Waals surface area contributed by atoms with E-state index in [1.54, 1.807) is 12.1 Å². The number of hydrogen-bond acceptors (Lipinski definition) is 2. The monoisotopic (exact) mass is 364 g/mol. The number of rotatable bonds is 2. The van der Waals surface area contributed by atoms with Gasteiger partial charge < -0.3 is 4.98 Å². The van der Waals surface area contributed by atoms with E-state index in [1.807, 2.05) is 6.92 Å². The number of alkyl halides is 1. The minimum Gasteiger partial charge on any atom is -0.317 e. The zero-order valence-electron chi connectivity index (χ0n) is 9.09. The Morgan fingerprint density at radius 3 is 2.76 bits per heavy atom. The van der Waals surface area contributed by atoms with Crippen LogP contribution in [0.4, 0.5) is 4.39 Å². The first kappa shape index (κ1) is 14.3. The maximum absolute atomic E-state index is 13.8. The summed E-state index contributed by atoms with van der Waals surface area (Å²) >= 11 is 3.19. The molecule has 2 aromatic rings. The zero-order chi connectivity index (χ0) is 11.7. The van der Waals surface area contributed by atoms with Gasteiger partial charge in [0.2, 0.25) is 0 Å². The third-order valence-corrected chi connectivity index (χ3v) is 3.04. The van der Waals surface area contributed by atoms with Crippen LogP contribution in [0.5, 0.6) is 0 Å². The molecule has 1 heterocycles. The lowest BCUT2D eigenvalue weighted by Crippen LogP contribution is -2.15. The molecular weight excluding hydrogens is 355 g/mol. The van der Waals surface area contributed by atoms with Crippen LogP contribution in [-0.4, -0.2) is 9.97 Å². The molecule has 17 heavy (non-hydrogen) atoms. The van der Waals surface area contributed by atoms with Crippen molar-refractivity contribution in [3.8, 4) is 0 Å². The smallest absolute Gasteiger partial charge is 0.270 e. The van der Waals surface area contributed by atoms with E-state index < -0.39 is 5.82 Å². The lowest BCUT2D eigenvalue weighted by atomic mass is 10.2. The van der Waals surface area contributed by atoms with Gasteiger partial charge in [-0.2, -0.15) is 0 Å². The summed E-state index contributed by atoms with van der Waals surface area (Å²) in [6, 6.07) is 3.38. The molecule has 2 rings (SSSR count). The summed E-state index contributed by atoms with van der Waals surface area (Å²) in [5, 5.41) is 0.409. The van der Waals surface area contributed by atoms with Gasteiger partial charge in [-0.3, -0.25) is 4.79 Å². The van der Waals surface area contributed by atoms with Gasteiger partial charge >= 0.3 is 0 Å². The minimum absolute atomic E-state index is 0. The Morgan fingerprint density at radius 1 is 1.47 bits per heavy atom. The molecule has 0 atom stereocenters. The number of aromatic amines is 1. The highest BCUT2D eigenvalue weighted by Gasteiger charge is 2.10. The molecule has 6 heteroatoms. The SMILES string of the molecule is Br.CCc1nc2ccc(CBr)c(F)c2[nH]c1=O. The Balaban J connectivity index is 0.00000144. The van der Waals surface area contributed by atoms with E-state index in [0.717, 1.165) is 0 Å². The quantitative estimate of drug-likeness (QED) is 0.831. The van der Waals surface area contributed by atoms with Crippen LogP contribution in [0.15, 0.2) is 16.9 Å². The fourth-order valence-corrected chi connectivity index (χ4v) is 1.98. The molecule has 0 aliphatic rings. The molecular formula is C11H11Br2FN2O. The van der Waals surface area contributed by atoms with Crippen LogP contribution in [0.2, 0.25) is 0 Å². The number of halogens is 3. The van der Waals surface area contributed by atoms with Crippen molar-refractivity contribution < 1.29 is 4.39 Å². The van der Waals surface area contributed by atoms with Crippen molar-refractivity contribution in [1.29, 1.82) is 0 Å². The highest BCUT2D eigenvalue weighted by molar-refractivity contribution is 9.08. The van der Waals surface area contributed by atoms with E-state index in [9.17, 15) is 9.18 Å². The average Bonchev–Trinajstić information content (AvgIpc) is 2.30. The van der Waals surface area contributed by atoms with Gasteiger partial charge in [-0.1, -0.05) is 28.9 Å². The van der Waals surface area contributed by atoms with E-state index in [0.29, 0.717) is 28.5 Å². The first-order valence-electron chi connectivity index (χ1n) is 4.93. The van der Waals surface area contributed by atoms with E-state index in [-0.39, 0.29) is 28.1 Å². The summed E-state index contributed by atoms with van der Waals surface area (Å²) in [5.74, 6) is -0.415. The fraction of sp³-hybridized carbons (Fsp3) is 0.273. The lowest BCUT2D eigenvalue weighted by Gasteiger charge is -2.04. The highest BCUT2D eigenvalue weighted by Crippen LogP contribution is 2.18. The van der Waals surface area contributed by atoms with E-state index in [4.69, 9.17) is 0 Å². The third-order valence-electron chi connectivity index (χ3n) is 2.43. The van der Waals surface area contributed by atoms with Crippen molar-refractivity contribution in [1.82, 2.24) is 9.97 Å². The topological polar surface area (TPSA) is 45.8 Å². The van der Waals surface area contributed by atoms with E-state index in [2.05, 4.69) is 25.9 Å². The second kappa shape index (κ2) is 5.73. The number of nitrogens with one attached hydrogen (secondary N) is 1. The summed E-state index contributed by atoms with van der Waals surface area (Å²) in [4.78, 5) is 18.2. The number of nitrogens with zero attached hydrogens (tertiary/aromatic N) is 1. The normalized spacial score (nSPS) is 10.3. The van der Waals surface area contributed by atoms with Gasteiger partial charge in [0.15, 0.2) is 5.82 Å². The van der Waals surface area contributed by atoms with Gasteiger partial charge in [-0.25, -0.2) is 9.37 Å². The molecule has 0 radical (unpaired) electrons. The number of hydrogen-bond donors (Lipinski definition) is 1. The van der Waals surface area contributed by atoms with Gasteiger partial charge in [-0.05, 0) is 12.5 Å². The fourth-order valence-electron chi connectivity index (χ4n) is 1.55. The molecule has 92 valence electrons. The summed E-state index contributed by atoms with van der Waals surface area (Å²) in [6.07, 6.45) is 0.535. The largest absolute Gasteiger partial charge is 0.317 e. The summed E-state index contributed by atoms with van der Waals surface area (Å²) in [6.45, 7) is 1.84. The van der Waals surface area contributed by atoms with Crippen molar-refractivity contribution in [3.05, 3.63) is 39.6 Å². The van der Waals surface area contributed by atoms with Crippen LogP contribution in [0.1, 0.15) is 18.2 Å². The van der Waals surface area contributed by atoms with E-state index >= 15 is 0 Å². The maximum Gasteiger partial charge on any atom is 0.270 e. The first-order chi connectivity index (χ1) is 7.67. The first-order valence-corrected chi connectivity index (χ1v) is 6.05. The number of aryl methyl sites for hydroxylation is 1. The Kier molecular flexibility index (Phi) is 4.82. The molecule has 0 saturated heterocycles. The van der Waals surface area contributed by atoms with Gasteiger partial charge in [0.1, 0.15) is 11.2 Å². The van der Waals surface area contributed by atoms with Crippen molar-refractivity contribution in [2.75, 3.05) is 0 Å². The summed E-state index contributed by atoms with van der Waals surface area (Å²) < 4.78 is 13.8. The van der Waals surface area contributed by atoms with Crippen LogP contribution in [0.3, 0.4) is 0 Å². The summed E-state index contributed by atoms with van der Waals surface area (Å²) in [5.41, 5.74) is 1.28. The van der Waals surface area contributed by atoms with Crippen molar-refractivity contribution >= 4 is 43.9 Å².